The number of aryl methyl sites for hydroxylation is 1. The lowest BCUT2D eigenvalue weighted by atomic mass is 10.1. The number of carboxylic acid groups (broad SMARTS) is 1. The van der Waals surface area contributed by atoms with Crippen molar-refractivity contribution in [2.24, 2.45) is 0 Å². The van der Waals surface area contributed by atoms with Gasteiger partial charge in [0.15, 0.2) is 4.21 Å². The van der Waals surface area contributed by atoms with Gasteiger partial charge in [-0.3, -0.25) is 4.79 Å². The SMILES string of the molecule is Cc1ncc(S(=O)(=O)NC(CC(=O)O)c2ccccc2)s1. The molecule has 0 radical (unpaired) electrons. The Kier molecular flexibility index (Phi) is 4.71. The number of carboxylic acids is 1. The Morgan fingerprint density at radius 2 is 2.05 bits per heavy atom. The van der Waals surface area contributed by atoms with Gasteiger partial charge >= 0.3 is 5.97 Å². The molecule has 0 saturated carbocycles. The molecule has 0 spiro atoms. The van der Waals surface area contributed by atoms with Gasteiger partial charge in [0, 0.05) is 0 Å². The van der Waals surface area contributed by atoms with E-state index in [-0.39, 0.29) is 10.6 Å². The van der Waals surface area contributed by atoms with Crippen molar-refractivity contribution in [3.8, 4) is 0 Å². The van der Waals surface area contributed by atoms with E-state index in [0.717, 1.165) is 11.3 Å². The highest BCUT2D eigenvalue weighted by Crippen LogP contribution is 2.23. The van der Waals surface area contributed by atoms with Gasteiger partial charge in [0.25, 0.3) is 10.0 Å². The molecule has 0 amide bonds. The van der Waals surface area contributed by atoms with E-state index in [1.54, 1.807) is 37.3 Å². The number of sulfonamides is 1. The maximum atomic E-state index is 12.3. The molecule has 0 bridgehead atoms. The molecule has 1 atom stereocenters. The number of thiazole rings is 1. The average molecular weight is 326 g/mol. The lowest BCUT2D eigenvalue weighted by molar-refractivity contribution is -0.137. The molecule has 0 aliphatic heterocycles. The zero-order valence-corrected chi connectivity index (χ0v) is 12.8. The molecule has 1 heterocycles. The monoisotopic (exact) mass is 326 g/mol. The maximum absolute atomic E-state index is 12.3. The first-order valence-corrected chi connectivity index (χ1v) is 8.40. The van der Waals surface area contributed by atoms with Crippen molar-refractivity contribution in [2.45, 2.75) is 23.6 Å². The normalized spacial score (nSPS) is 13.0. The van der Waals surface area contributed by atoms with Crippen LogP contribution in [0.3, 0.4) is 0 Å². The second-order valence-corrected chi connectivity index (χ2v) is 7.56. The highest BCUT2D eigenvalue weighted by atomic mass is 32.2. The highest BCUT2D eigenvalue weighted by Gasteiger charge is 2.24. The molecule has 0 fully saturated rings. The van der Waals surface area contributed by atoms with Crippen LogP contribution in [-0.4, -0.2) is 24.5 Å². The van der Waals surface area contributed by atoms with Gasteiger partial charge in [-0.2, -0.15) is 0 Å². The second-order valence-electron chi connectivity index (χ2n) is 4.38. The number of benzene rings is 1. The average Bonchev–Trinajstić information content (AvgIpc) is 2.86. The van der Waals surface area contributed by atoms with Gasteiger partial charge in [0.2, 0.25) is 0 Å². The number of aromatic nitrogens is 1. The molecule has 0 aliphatic carbocycles. The van der Waals surface area contributed by atoms with Crippen LogP contribution in [0.2, 0.25) is 0 Å². The lowest BCUT2D eigenvalue weighted by Gasteiger charge is -2.16. The molecule has 6 nitrogen and oxygen atoms in total. The summed E-state index contributed by atoms with van der Waals surface area (Å²) in [6.45, 7) is 1.70. The minimum atomic E-state index is -3.79. The first-order chi connectivity index (χ1) is 9.88. The number of rotatable bonds is 6. The van der Waals surface area contributed by atoms with Gasteiger partial charge in [-0.15, -0.1) is 11.3 Å². The quantitative estimate of drug-likeness (QED) is 0.845. The smallest absolute Gasteiger partial charge is 0.305 e. The molecular weight excluding hydrogens is 312 g/mol. The Bertz CT molecular complexity index is 726. The van der Waals surface area contributed by atoms with Crippen molar-refractivity contribution in [1.29, 1.82) is 0 Å². The zero-order valence-electron chi connectivity index (χ0n) is 11.2. The number of hydrogen-bond acceptors (Lipinski definition) is 5. The van der Waals surface area contributed by atoms with Crippen molar-refractivity contribution < 1.29 is 18.3 Å². The fourth-order valence-electron chi connectivity index (χ4n) is 1.80. The minimum absolute atomic E-state index is 0.0753. The summed E-state index contributed by atoms with van der Waals surface area (Å²) in [6.07, 6.45) is 0.937. The van der Waals surface area contributed by atoms with E-state index >= 15 is 0 Å². The molecule has 2 rings (SSSR count). The minimum Gasteiger partial charge on any atom is -0.481 e. The third-order valence-corrected chi connectivity index (χ3v) is 5.59. The van der Waals surface area contributed by atoms with Crippen LogP contribution in [0.4, 0.5) is 0 Å². The predicted molar refractivity (Wildman–Crippen MR) is 78.6 cm³/mol. The Balaban J connectivity index is 2.29. The van der Waals surface area contributed by atoms with Crippen molar-refractivity contribution in [2.75, 3.05) is 0 Å². The Labute approximate surface area is 126 Å². The Morgan fingerprint density at radius 3 is 2.57 bits per heavy atom. The summed E-state index contributed by atoms with van der Waals surface area (Å²) in [6, 6.07) is 7.80. The summed E-state index contributed by atoms with van der Waals surface area (Å²) in [7, 11) is -3.79. The van der Waals surface area contributed by atoms with E-state index in [9.17, 15) is 13.2 Å². The fourth-order valence-corrected chi connectivity index (χ4v) is 4.15. The maximum Gasteiger partial charge on any atom is 0.305 e. The lowest BCUT2D eigenvalue weighted by Crippen LogP contribution is -2.29. The second kappa shape index (κ2) is 6.33. The van der Waals surface area contributed by atoms with Crippen LogP contribution in [-0.2, 0) is 14.8 Å². The highest BCUT2D eigenvalue weighted by molar-refractivity contribution is 7.91. The van der Waals surface area contributed by atoms with E-state index < -0.39 is 22.0 Å². The van der Waals surface area contributed by atoms with Crippen molar-refractivity contribution in [1.82, 2.24) is 9.71 Å². The third kappa shape index (κ3) is 4.10. The van der Waals surface area contributed by atoms with Crippen LogP contribution in [0.25, 0.3) is 0 Å². The van der Waals surface area contributed by atoms with Crippen LogP contribution in [0, 0.1) is 6.92 Å². The van der Waals surface area contributed by atoms with E-state index in [1.165, 1.54) is 6.20 Å². The van der Waals surface area contributed by atoms with E-state index in [2.05, 4.69) is 9.71 Å². The summed E-state index contributed by atoms with van der Waals surface area (Å²) >= 11 is 1.04. The molecule has 1 aromatic carbocycles. The predicted octanol–water partition coefficient (Wildman–Crippen LogP) is 1.95. The summed E-state index contributed by atoms with van der Waals surface area (Å²) in [5, 5.41) is 9.60. The molecule has 2 N–H and O–H groups in total. The van der Waals surface area contributed by atoms with E-state index in [4.69, 9.17) is 5.11 Å². The van der Waals surface area contributed by atoms with Gasteiger partial charge in [-0.25, -0.2) is 18.1 Å². The van der Waals surface area contributed by atoms with Gasteiger partial charge in [0.1, 0.15) is 0 Å². The number of hydrogen-bond donors (Lipinski definition) is 2. The van der Waals surface area contributed by atoms with Crippen LogP contribution in [0.5, 0.6) is 0 Å². The number of aliphatic carboxylic acids is 1. The third-order valence-electron chi connectivity index (χ3n) is 2.74. The largest absolute Gasteiger partial charge is 0.481 e. The Morgan fingerprint density at radius 1 is 1.38 bits per heavy atom. The van der Waals surface area contributed by atoms with Crippen molar-refractivity contribution >= 4 is 27.3 Å². The van der Waals surface area contributed by atoms with Crippen LogP contribution < -0.4 is 4.72 Å². The zero-order chi connectivity index (χ0) is 15.5. The first kappa shape index (κ1) is 15.6. The number of carbonyl (C=O) groups is 1. The van der Waals surface area contributed by atoms with Gasteiger partial charge in [-0.05, 0) is 12.5 Å². The van der Waals surface area contributed by atoms with Crippen LogP contribution in [0.1, 0.15) is 23.0 Å². The molecule has 0 aliphatic rings. The summed E-state index contributed by atoms with van der Waals surface area (Å²) in [5.74, 6) is -1.08. The standard InChI is InChI=1S/C13H14N2O4S2/c1-9-14-8-13(20-9)21(18,19)15-11(7-12(16)17)10-5-3-2-4-6-10/h2-6,8,11,15H,7H2,1H3,(H,16,17). The molecule has 21 heavy (non-hydrogen) atoms. The van der Waals surface area contributed by atoms with Gasteiger partial charge in [0.05, 0.1) is 23.7 Å². The molecule has 2 aromatic rings. The van der Waals surface area contributed by atoms with Crippen molar-refractivity contribution in [3.05, 3.63) is 47.1 Å². The fraction of sp³-hybridized carbons (Fsp3) is 0.231. The summed E-state index contributed by atoms with van der Waals surface area (Å²) in [4.78, 5) is 14.9. The topological polar surface area (TPSA) is 96.4 Å². The summed E-state index contributed by atoms with van der Waals surface area (Å²) < 4.78 is 27.1. The van der Waals surface area contributed by atoms with Crippen molar-refractivity contribution in [3.63, 3.8) is 0 Å². The van der Waals surface area contributed by atoms with Gasteiger partial charge in [-0.1, -0.05) is 30.3 Å². The van der Waals surface area contributed by atoms with E-state index in [0.29, 0.717) is 10.6 Å². The van der Waals surface area contributed by atoms with Crippen LogP contribution >= 0.6 is 11.3 Å². The van der Waals surface area contributed by atoms with E-state index in [1.807, 2.05) is 0 Å². The number of nitrogens with one attached hydrogen (secondary N) is 1. The first-order valence-electron chi connectivity index (χ1n) is 6.10. The molecular formula is C13H14N2O4S2. The molecule has 8 heteroatoms. The van der Waals surface area contributed by atoms with Gasteiger partial charge < -0.3 is 5.11 Å². The summed E-state index contributed by atoms with van der Waals surface area (Å²) in [5.41, 5.74) is 0.602. The molecule has 1 unspecified atom stereocenters. The Hall–Kier alpha value is -1.77. The molecule has 1 aromatic heterocycles. The van der Waals surface area contributed by atoms with Crippen LogP contribution in [0.15, 0.2) is 40.7 Å². The number of nitrogens with zero attached hydrogens (tertiary/aromatic N) is 1. The molecule has 0 saturated heterocycles. The molecule has 112 valence electrons.